The normalized spacial score (nSPS) is 20.1. The van der Waals surface area contributed by atoms with Crippen molar-refractivity contribution in [3.63, 3.8) is 0 Å². The number of thioether (sulfide) groups is 1. The second-order valence-electron chi connectivity index (χ2n) is 3.81. The van der Waals surface area contributed by atoms with Gasteiger partial charge in [0, 0.05) is 5.75 Å². The van der Waals surface area contributed by atoms with E-state index in [1.54, 1.807) is 19.9 Å². The van der Waals surface area contributed by atoms with E-state index >= 15 is 0 Å². The third kappa shape index (κ3) is 2.14. The molecule has 4 nitrogen and oxygen atoms in total. The molecule has 5 heteroatoms. The minimum Gasteiger partial charge on any atom is -0.466 e. The number of carbonyl (C=O) groups excluding carboxylic acids is 2. The molecule has 1 fully saturated rings. The first-order chi connectivity index (χ1) is 7.58. The lowest BCUT2D eigenvalue weighted by Crippen LogP contribution is -2.37. The number of hydrogen-bond acceptors (Lipinski definition) is 4. The van der Waals surface area contributed by atoms with Gasteiger partial charge in [-0.1, -0.05) is 11.8 Å². The molecule has 1 N–H and O–H groups in total. The Hall–Kier alpha value is -1.23. The van der Waals surface area contributed by atoms with Crippen LogP contribution in [0, 0.1) is 13.8 Å². The maximum absolute atomic E-state index is 11.8. The SMILES string of the molecule is Cc1cc(C(=O)NC2CCSC2=O)c(C)o1. The van der Waals surface area contributed by atoms with Crippen molar-refractivity contribution in [2.24, 2.45) is 0 Å². The van der Waals surface area contributed by atoms with Gasteiger partial charge in [-0.3, -0.25) is 9.59 Å². The van der Waals surface area contributed by atoms with Gasteiger partial charge in [0.2, 0.25) is 5.12 Å². The Kier molecular flexibility index (Phi) is 3.05. The number of carbonyl (C=O) groups is 2. The molecule has 16 heavy (non-hydrogen) atoms. The van der Waals surface area contributed by atoms with E-state index in [0.717, 1.165) is 5.75 Å². The van der Waals surface area contributed by atoms with Crippen LogP contribution >= 0.6 is 11.8 Å². The zero-order chi connectivity index (χ0) is 11.7. The van der Waals surface area contributed by atoms with Crippen LogP contribution in [0.25, 0.3) is 0 Å². The van der Waals surface area contributed by atoms with E-state index in [-0.39, 0.29) is 17.1 Å². The summed E-state index contributed by atoms with van der Waals surface area (Å²) in [6.07, 6.45) is 0.713. The molecule has 2 rings (SSSR count). The van der Waals surface area contributed by atoms with E-state index in [1.165, 1.54) is 11.8 Å². The lowest BCUT2D eigenvalue weighted by Gasteiger charge is -2.08. The lowest BCUT2D eigenvalue weighted by molar-refractivity contribution is -0.112. The monoisotopic (exact) mass is 239 g/mol. The molecule has 1 atom stereocenters. The van der Waals surface area contributed by atoms with Crippen LogP contribution in [0.15, 0.2) is 10.5 Å². The summed E-state index contributed by atoms with van der Waals surface area (Å²) in [5.41, 5.74) is 0.516. The van der Waals surface area contributed by atoms with Gasteiger partial charge < -0.3 is 9.73 Å². The Bertz CT molecular complexity index is 438. The molecule has 1 aromatic rings. The van der Waals surface area contributed by atoms with Crippen molar-refractivity contribution in [2.45, 2.75) is 26.3 Å². The topological polar surface area (TPSA) is 59.3 Å². The van der Waals surface area contributed by atoms with Gasteiger partial charge in [-0.15, -0.1) is 0 Å². The van der Waals surface area contributed by atoms with Crippen LogP contribution in [0.3, 0.4) is 0 Å². The standard InChI is InChI=1S/C11H13NO3S/c1-6-5-8(7(2)15-6)10(13)12-9-3-4-16-11(9)14/h5,9H,3-4H2,1-2H3,(H,12,13). The van der Waals surface area contributed by atoms with Gasteiger partial charge in [-0.25, -0.2) is 0 Å². The minimum atomic E-state index is -0.341. The fourth-order valence-corrected chi connectivity index (χ4v) is 2.65. The third-order valence-electron chi connectivity index (χ3n) is 2.53. The largest absolute Gasteiger partial charge is 0.466 e. The van der Waals surface area contributed by atoms with Crippen LogP contribution < -0.4 is 5.32 Å². The highest BCUT2D eigenvalue weighted by Crippen LogP contribution is 2.20. The second-order valence-corrected chi connectivity index (χ2v) is 4.91. The Morgan fingerprint density at radius 2 is 2.31 bits per heavy atom. The van der Waals surface area contributed by atoms with Crippen LogP contribution in [0.5, 0.6) is 0 Å². The average molecular weight is 239 g/mol. The fourth-order valence-electron chi connectivity index (χ4n) is 1.72. The molecule has 0 bridgehead atoms. The molecule has 1 saturated heterocycles. The van der Waals surface area contributed by atoms with Crippen molar-refractivity contribution in [2.75, 3.05) is 5.75 Å². The summed E-state index contributed by atoms with van der Waals surface area (Å²) in [6.45, 7) is 3.54. The van der Waals surface area contributed by atoms with E-state index in [9.17, 15) is 9.59 Å². The molecule has 86 valence electrons. The van der Waals surface area contributed by atoms with Crippen LogP contribution in [0.1, 0.15) is 28.3 Å². The number of amides is 1. The molecule has 0 saturated carbocycles. The molecule has 1 aliphatic rings. The first-order valence-electron chi connectivity index (χ1n) is 5.12. The summed E-state index contributed by atoms with van der Waals surface area (Å²) in [5, 5.41) is 2.78. The Balaban J connectivity index is 2.08. The summed E-state index contributed by atoms with van der Waals surface area (Å²) in [7, 11) is 0. The zero-order valence-corrected chi connectivity index (χ0v) is 10.0. The van der Waals surface area contributed by atoms with E-state index in [0.29, 0.717) is 23.5 Å². The summed E-state index contributed by atoms with van der Waals surface area (Å²) in [5.74, 6) is 1.85. The van der Waals surface area contributed by atoms with Crippen molar-refractivity contribution >= 4 is 22.8 Å². The highest BCUT2D eigenvalue weighted by atomic mass is 32.2. The highest BCUT2D eigenvalue weighted by molar-refractivity contribution is 8.14. The number of furan rings is 1. The van der Waals surface area contributed by atoms with Gasteiger partial charge >= 0.3 is 0 Å². The first-order valence-corrected chi connectivity index (χ1v) is 6.11. The summed E-state index contributed by atoms with van der Waals surface area (Å²) >= 11 is 1.27. The van der Waals surface area contributed by atoms with Gasteiger partial charge in [0.15, 0.2) is 0 Å². The number of rotatable bonds is 2. The van der Waals surface area contributed by atoms with Crippen molar-refractivity contribution in [1.29, 1.82) is 0 Å². The fraction of sp³-hybridized carbons (Fsp3) is 0.455. The molecular formula is C11H13NO3S. The highest BCUT2D eigenvalue weighted by Gasteiger charge is 2.27. The minimum absolute atomic E-state index is 0.0474. The van der Waals surface area contributed by atoms with Gasteiger partial charge in [0.25, 0.3) is 5.91 Å². The molecule has 1 unspecified atom stereocenters. The Morgan fingerprint density at radius 1 is 1.56 bits per heavy atom. The Morgan fingerprint density at radius 3 is 2.81 bits per heavy atom. The number of nitrogens with one attached hydrogen (secondary N) is 1. The smallest absolute Gasteiger partial charge is 0.255 e. The molecule has 0 aliphatic carbocycles. The van der Waals surface area contributed by atoms with E-state index in [4.69, 9.17) is 4.42 Å². The van der Waals surface area contributed by atoms with Crippen molar-refractivity contribution in [1.82, 2.24) is 5.32 Å². The molecule has 1 amide bonds. The third-order valence-corrected chi connectivity index (χ3v) is 3.54. The van der Waals surface area contributed by atoms with E-state index in [1.807, 2.05) is 0 Å². The molecule has 1 aliphatic heterocycles. The molecule has 0 radical (unpaired) electrons. The van der Waals surface area contributed by atoms with Crippen molar-refractivity contribution in [3.05, 3.63) is 23.2 Å². The zero-order valence-electron chi connectivity index (χ0n) is 9.20. The van der Waals surface area contributed by atoms with Gasteiger partial charge in [-0.2, -0.15) is 0 Å². The molecular weight excluding hydrogens is 226 g/mol. The van der Waals surface area contributed by atoms with Gasteiger partial charge in [0.05, 0.1) is 11.6 Å². The van der Waals surface area contributed by atoms with Gasteiger partial charge in [0.1, 0.15) is 11.5 Å². The van der Waals surface area contributed by atoms with E-state index in [2.05, 4.69) is 5.32 Å². The van der Waals surface area contributed by atoms with Crippen LogP contribution in [0.4, 0.5) is 0 Å². The van der Waals surface area contributed by atoms with Crippen LogP contribution in [-0.4, -0.2) is 22.8 Å². The van der Waals surface area contributed by atoms with Crippen LogP contribution in [0.2, 0.25) is 0 Å². The predicted molar refractivity (Wildman–Crippen MR) is 61.5 cm³/mol. The number of aryl methyl sites for hydroxylation is 2. The van der Waals surface area contributed by atoms with Crippen LogP contribution in [-0.2, 0) is 4.79 Å². The molecule has 1 aromatic heterocycles. The molecule has 0 spiro atoms. The van der Waals surface area contributed by atoms with Crippen molar-refractivity contribution < 1.29 is 14.0 Å². The maximum atomic E-state index is 11.8. The summed E-state index contributed by atoms with van der Waals surface area (Å²) < 4.78 is 5.28. The molecule has 0 aromatic carbocycles. The average Bonchev–Trinajstić information content (AvgIpc) is 2.74. The second kappa shape index (κ2) is 4.33. The van der Waals surface area contributed by atoms with E-state index < -0.39 is 0 Å². The summed E-state index contributed by atoms with van der Waals surface area (Å²) in [4.78, 5) is 23.2. The summed E-state index contributed by atoms with van der Waals surface area (Å²) in [6, 6.07) is 1.35. The lowest BCUT2D eigenvalue weighted by atomic mass is 10.2. The number of hydrogen-bond donors (Lipinski definition) is 1. The quantitative estimate of drug-likeness (QED) is 0.852. The predicted octanol–water partition coefficient (Wildman–Crippen LogP) is 1.66. The molecule has 2 heterocycles. The van der Waals surface area contributed by atoms with Crippen molar-refractivity contribution in [3.8, 4) is 0 Å². The maximum Gasteiger partial charge on any atom is 0.255 e. The first kappa shape index (κ1) is 11.3. The van der Waals surface area contributed by atoms with Gasteiger partial charge in [-0.05, 0) is 26.3 Å². The Labute approximate surface area is 97.8 Å².